The van der Waals surface area contributed by atoms with Gasteiger partial charge in [-0.1, -0.05) is 19.4 Å². The SMILES string of the molecule is CC=CC(N)=O.CCC[Si](OC)(OC)OC. The predicted octanol–water partition coefficient (Wildman–Crippen LogP) is 1.32. The monoisotopic (exact) mass is 249 g/mol. The second kappa shape index (κ2) is 10.8. The molecule has 0 radical (unpaired) electrons. The lowest BCUT2D eigenvalue weighted by Crippen LogP contribution is -2.42. The third-order valence-corrected chi connectivity index (χ3v) is 4.80. The molecule has 0 saturated heterocycles. The first-order valence-corrected chi connectivity index (χ1v) is 7.02. The molecule has 0 heterocycles. The van der Waals surface area contributed by atoms with E-state index in [1.54, 1.807) is 34.3 Å². The Morgan fingerprint density at radius 3 is 1.75 bits per heavy atom. The highest BCUT2D eigenvalue weighted by Crippen LogP contribution is 2.13. The molecular formula is C10H23NO4Si. The first-order chi connectivity index (χ1) is 7.51. The van der Waals surface area contributed by atoms with Gasteiger partial charge >= 0.3 is 8.80 Å². The molecule has 0 aromatic rings. The molecule has 0 aromatic carbocycles. The maximum Gasteiger partial charge on any atom is 0.500 e. The average Bonchev–Trinajstić information content (AvgIpc) is 2.27. The van der Waals surface area contributed by atoms with Crippen molar-refractivity contribution >= 4 is 14.7 Å². The number of rotatable bonds is 6. The van der Waals surface area contributed by atoms with E-state index in [0.717, 1.165) is 12.5 Å². The summed E-state index contributed by atoms with van der Waals surface area (Å²) in [5.74, 6) is -0.391. The molecule has 2 N–H and O–H groups in total. The van der Waals surface area contributed by atoms with Crippen molar-refractivity contribution in [2.24, 2.45) is 5.73 Å². The zero-order chi connectivity index (χ0) is 13.0. The Morgan fingerprint density at radius 2 is 1.69 bits per heavy atom. The van der Waals surface area contributed by atoms with E-state index in [1.807, 2.05) is 0 Å². The number of allylic oxidation sites excluding steroid dienone is 1. The van der Waals surface area contributed by atoms with Crippen LogP contribution < -0.4 is 5.73 Å². The van der Waals surface area contributed by atoms with Crippen LogP contribution in [-0.4, -0.2) is 36.0 Å². The summed E-state index contributed by atoms with van der Waals surface area (Å²) in [6.45, 7) is 3.82. The highest BCUT2D eigenvalue weighted by Gasteiger charge is 2.36. The lowest BCUT2D eigenvalue weighted by Gasteiger charge is -2.23. The van der Waals surface area contributed by atoms with Gasteiger partial charge in [0.05, 0.1) is 0 Å². The van der Waals surface area contributed by atoms with Gasteiger partial charge in [0.25, 0.3) is 0 Å². The molecular weight excluding hydrogens is 226 g/mol. The number of carbonyl (C=O) groups is 1. The largest absolute Gasteiger partial charge is 0.500 e. The fourth-order valence-electron chi connectivity index (χ4n) is 1.03. The molecule has 0 aliphatic heterocycles. The highest BCUT2D eigenvalue weighted by atomic mass is 28.4. The molecule has 0 aliphatic rings. The fourth-order valence-corrected chi connectivity index (χ4v) is 2.75. The van der Waals surface area contributed by atoms with Gasteiger partial charge in [-0.15, -0.1) is 0 Å². The van der Waals surface area contributed by atoms with Gasteiger partial charge in [-0.3, -0.25) is 4.79 Å². The Labute approximate surface area is 98.9 Å². The smallest absolute Gasteiger partial charge is 0.377 e. The van der Waals surface area contributed by atoms with E-state index < -0.39 is 14.7 Å². The van der Waals surface area contributed by atoms with Crippen molar-refractivity contribution in [3.63, 3.8) is 0 Å². The van der Waals surface area contributed by atoms with Crippen molar-refractivity contribution in [3.8, 4) is 0 Å². The first kappa shape index (κ1) is 17.7. The third kappa shape index (κ3) is 8.60. The minimum Gasteiger partial charge on any atom is -0.377 e. The molecule has 0 bridgehead atoms. The molecule has 6 heteroatoms. The van der Waals surface area contributed by atoms with Crippen LogP contribution in [-0.2, 0) is 18.1 Å². The zero-order valence-corrected chi connectivity index (χ0v) is 11.8. The molecule has 0 rings (SSSR count). The van der Waals surface area contributed by atoms with Gasteiger partial charge < -0.3 is 19.0 Å². The predicted molar refractivity (Wildman–Crippen MR) is 65.9 cm³/mol. The van der Waals surface area contributed by atoms with E-state index in [4.69, 9.17) is 13.3 Å². The van der Waals surface area contributed by atoms with E-state index in [2.05, 4.69) is 12.7 Å². The summed E-state index contributed by atoms with van der Waals surface area (Å²) in [6, 6.07) is 0.885. The van der Waals surface area contributed by atoms with Crippen LogP contribution in [0.2, 0.25) is 6.04 Å². The van der Waals surface area contributed by atoms with Gasteiger partial charge in [0.2, 0.25) is 5.91 Å². The number of nitrogens with two attached hydrogens (primary N) is 1. The van der Waals surface area contributed by atoms with Gasteiger partial charge in [0.1, 0.15) is 0 Å². The van der Waals surface area contributed by atoms with Crippen molar-refractivity contribution in [2.75, 3.05) is 21.3 Å². The van der Waals surface area contributed by atoms with Crippen LogP contribution >= 0.6 is 0 Å². The summed E-state index contributed by atoms with van der Waals surface area (Å²) in [5.41, 5.74) is 4.68. The van der Waals surface area contributed by atoms with Crippen molar-refractivity contribution in [1.82, 2.24) is 0 Å². The number of primary amides is 1. The summed E-state index contributed by atoms with van der Waals surface area (Å²) in [4.78, 5) is 9.73. The van der Waals surface area contributed by atoms with Crippen LogP contribution in [0.3, 0.4) is 0 Å². The number of hydrogen-bond donors (Lipinski definition) is 1. The summed E-state index contributed by atoms with van der Waals surface area (Å²) < 4.78 is 15.5. The van der Waals surface area contributed by atoms with Crippen molar-refractivity contribution in [2.45, 2.75) is 26.3 Å². The summed E-state index contributed by atoms with van der Waals surface area (Å²) >= 11 is 0. The summed E-state index contributed by atoms with van der Waals surface area (Å²) in [7, 11) is 2.68. The molecule has 0 saturated carbocycles. The molecule has 0 fully saturated rings. The molecule has 96 valence electrons. The molecule has 0 atom stereocenters. The maximum absolute atomic E-state index is 9.73. The van der Waals surface area contributed by atoms with Crippen LogP contribution in [0.15, 0.2) is 12.2 Å². The fraction of sp³-hybridized carbons (Fsp3) is 0.700. The van der Waals surface area contributed by atoms with E-state index in [0.29, 0.717) is 0 Å². The molecule has 0 aliphatic carbocycles. The molecule has 0 spiro atoms. The standard InChI is InChI=1S/C6H16O3Si.C4H7NO/c1-5-6-10(7-2,8-3)9-4;1-2-3-4(5)6/h5-6H2,1-4H3;2-3H,1H3,(H2,5,6). The minimum absolute atomic E-state index is 0.391. The van der Waals surface area contributed by atoms with Crippen LogP contribution in [0.5, 0.6) is 0 Å². The molecule has 1 amide bonds. The lowest BCUT2D eigenvalue weighted by atomic mass is 10.5. The average molecular weight is 249 g/mol. The van der Waals surface area contributed by atoms with E-state index in [9.17, 15) is 4.79 Å². The van der Waals surface area contributed by atoms with Crippen LogP contribution in [0.25, 0.3) is 0 Å². The Morgan fingerprint density at radius 1 is 1.25 bits per heavy atom. The Balaban J connectivity index is 0. The van der Waals surface area contributed by atoms with Crippen molar-refractivity contribution in [1.29, 1.82) is 0 Å². The van der Waals surface area contributed by atoms with Crippen molar-refractivity contribution in [3.05, 3.63) is 12.2 Å². The summed E-state index contributed by atoms with van der Waals surface area (Å²) in [6.07, 6.45) is 3.93. The lowest BCUT2D eigenvalue weighted by molar-refractivity contribution is -0.113. The van der Waals surface area contributed by atoms with Gasteiger partial charge in [0.15, 0.2) is 0 Å². The quantitative estimate of drug-likeness (QED) is 0.569. The third-order valence-electron chi connectivity index (χ3n) is 1.82. The zero-order valence-electron chi connectivity index (χ0n) is 10.8. The second-order valence-corrected chi connectivity index (χ2v) is 6.04. The summed E-state index contributed by atoms with van der Waals surface area (Å²) in [5, 5.41) is 0. The molecule has 5 nitrogen and oxygen atoms in total. The van der Waals surface area contributed by atoms with Crippen LogP contribution in [0.1, 0.15) is 20.3 Å². The van der Waals surface area contributed by atoms with Gasteiger partial charge in [-0.25, -0.2) is 0 Å². The maximum atomic E-state index is 9.73. The molecule has 0 aromatic heterocycles. The first-order valence-electron chi connectivity index (χ1n) is 5.09. The Bertz CT molecular complexity index is 197. The number of amides is 1. The van der Waals surface area contributed by atoms with Crippen LogP contribution in [0.4, 0.5) is 0 Å². The normalized spacial score (nSPS) is 11.1. The van der Waals surface area contributed by atoms with E-state index in [-0.39, 0.29) is 0 Å². The number of hydrogen-bond acceptors (Lipinski definition) is 4. The minimum atomic E-state index is -2.22. The second-order valence-electron chi connectivity index (χ2n) is 2.95. The van der Waals surface area contributed by atoms with Crippen molar-refractivity contribution < 1.29 is 18.1 Å². The van der Waals surface area contributed by atoms with E-state index in [1.165, 1.54) is 6.08 Å². The topological polar surface area (TPSA) is 70.8 Å². The van der Waals surface area contributed by atoms with Gasteiger partial charge in [-0.2, -0.15) is 0 Å². The highest BCUT2D eigenvalue weighted by molar-refractivity contribution is 6.60. The number of carbonyl (C=O) groups excluding carboxylic acids is 1. The Kier molecular flexibility index (Phi) is 12.0. The van der Waals surface area contributed by atoms with Gasteiger partial charge in [-0.05, 0) is 13.0 Å². The van der Waals surface area contributed by atoms with E-state index >= 15 is 0 Å². The molecule has 16 heavy (non-hydrogen) atoms. The molecule has 0 unspecified atom stereocenters. The Hall–Kier alpha value is -0.693. The van der Waals surface area contributed by atoms with Gasteiger partial charge in [0, 0.05) is 27.4 Å². The van der Waals surface area contributed by atoms with Crippen LogP contribution in [0, 0.1) is 0 Å².